The second-order valence-electron chi connectivity index (χ2n) is 9.99. The van der Waals surface area contributed by atoms with Crippen LogP contribution in [0, 0.1) is 19.7 Å². The minimum absolute atomic E-state index is 0.0684. The molecule has 0 saturated heterocycles. The molecule has 0 bridgehead atoms. The summed E-state index contributed by atoms with van der Waals surface area (Å²) in [5, 5.41) is 10.6. The Morgan fingerprint density at radius 3 is 2.44 bits per heavy atom. The Kier molecular flexibility index (Phi) is 8.37. The number of carboxylic acids is 1. The van der Waals surface area contributed by atoms with Crippen LogP contribution in [0.15, 0.2) is 59.5 Å². The molecular weight excluding hydrogens is 543 g/mol. The molecule has 2 unspecified atom stereocenters. The zero-order chi connectivity index (χ0) is 28.6. The third kappa shape index (κ3) is 5.54. The highest BCUT2D eigenvalue weighted by atomic mass is 35.5. The minimum Gasteiger partial charge on any atom is -0.480 e. The largest absolute Gasteiger partial charge is 0.480 e. The van der Waals surface area contributed by atoms with Gasteiger partial charge in [-0.2, -0.15) is 4.31 Å². The number of benzene rings is 3. The van der Waals surface area contributed by atoms with Crippen LogP contribution in [0.1, 0.15) is 53.7 Å². The molecule has 3 aromatic carbocycles. The van der Waals surface area contributed by atoms with Gasteiger partial charge in [0.15, 0.2) is 0 Å². The second-order valence-corrected chi connectivity index (χ2v) is 12.3. The van der Waals surface area contributed by atoms with Crippen LogP contribution in [0.5, 0.6) is 0 Å². The third-order valence-electron chi connectivity index (χ3n) is 7.40. The summed E-state index contributed by atoms with van der Waals surface area (Å²) in [6.07, 6.45) is -0.682. The lowest BCUT2D eigenvalue weighted by molar-refractivity contribution is -0.142. The topological polar surface area (TPSA) is 87.2 Å². The van der Waals surface area contributed by atoms with Crippen LogP contribution in [0.3, 0.4) is 0 Å². The predicted octanol–water partition coefficient (Wildman–Crippen LogP) is 6.03. The fraction of sp³-hybridized carbons (Fsp3) is 0.345. The van der Waals surface area contributed by atoms with Gasteiger partial charge in [0.1, 0.15) is 16.8 Å². The molecule has 0 aliphatic carbocycles. The standard InChI is InChI=1S/C29H32ClFN2O5S/c1-17-11-12-24(31)26(18(17)2)19(3)27(29(34)35)33-16-32(5)25-14-22(30)13-23(28(25)39(33,36)37)20(4)38-15-21-9-7-6-8-10-21/h6-14,19-20,27H,15-16H2,1-5H3,(H,34,35)/t19?,20?,27-/m0/s1. The quantitative estimate of drug-likeness (QED) is 0.353. The van der Waals surface area contributed by atoms with Crippen molar-refractivity contribution in [3.05, 3.63) is 93.3 Å². The fourth-order valence-corrected chi connectivity index (χ4v) is 7.53. The zero-order valence-corrected chi connectivity index (χ0v) is 24.1. The Hall–Kier alpha value is -2.98. The van der Waals surface area contributed by atoms with E-state index in [1.165, 1.54) is 12.1 Å². The third-order valence-corrected chi connectivity index (χ3v) is 9.54. The molecule has 1 aliphatic heterocycles. The highest BCUT2D eigenvalue weighted by molar-refractivity contribution is 7.89. The van der Waals surface area contributed by atoms with Gasteiger partial charge in [-0.25, -0.2) is 12.8 Å². The molecule has 208 valence electrons. The maximum absolute atomic E-state index is 15.0. The van der Waals surface area contributed by atoms with Crippen molar-refractivity contribution in [2.24, 2.45) is 0 Å². The van der Waals surface area contributed by atoms with Gasteiger partial charge in [0, 0.05) is 23.6 Å². The van der Waals surface area contributed by atoms with Crippen LogP contribution in [-0.4, -0.2) is 43.6 Å². The van der Waals surface area contributed by atoms with Crippen molar-refractivity contribution in [1.29, 1.82) is 0 Å². The van der Waals surface area contributed by atoms with E-state index in [4.69, 9.17) is 16.3 Å². The summed E-state index contributed by atoms with van der Waals surface area (Å²) in [5.74, 6) is -2.92. The van der Waals surface area contributed by atoms with Crippen LogP contribution in [-0.2, 0) is 26.2 Å². The highest BCUT2D eigenvalue weighted by Gasteiger charge is 2.46. The highest BCUT2D eigenvalue weighted by Crippen LogP contribution is 2.43. The zero-order valence-electron chi connectivity index (χ0n) is 22.5. The molecule has 4 rings (SSSR count). The van der Waals surface area contributed by atoms with Crippen molar-refractivity contribution < 1.29 is 27.4 Å². The summed E-state index contributed by atoms with van der Waals surface area (Å²) < 4.78 is 50.4. The molecule has 1 heterocycles. The summed E-state index contributed by atoms with van der Waals surface area (Å²) in [4.78, 5) is 14.2. The maximum atomic E-state index is 15.0. The first kappa shape index (κ1) is 29.0. The lowest BCUT2D eigenvalue weighted by Crippen LogP contribution is -2.54. The van der Waals surface area contributed by atoms with Crippen LogP contribution in [0.2, 0.25) is 5.02 Å². The molecule has 1 aliphatic rings. The van der Waals surface area contributed by atoms with E-state index in [1.807, 2.05) is 30.3 Å². The second kappa shape index (κ2) is 11.3. The molecule has 0 radical (unpaired) electrons. The fourth-order valence-electron chi connectivity index (χ4n) is 5.18. The molecule has 39 heavy (non-hydrogen) atoms. The van der Waals surface area contributed by atoms with Crippen molar-refractivity contribution >= 4 is 33.3 Å². The molecule has 10 heteroatoms. The Labute approximate surface area is 233 Å². The Balaban J connectivity index is 1.80. The van der Waals surface area contributed by atoms with Crippen molar-refractivity contribution in [1.82, 2.24) is 4.31 Å². The summed E-state index contributed by atoms with van der Waals surface area (Å²) in [7, 11) is -2.71. The average molecular weight is 575 g/mol. The number of anilines is 1. The van der Waals surface area contributed by atoms with Gasteiger partial charge in [0.25, 0.3) is 0 Å². The summed E-state index contributed by atoms with van der Waals surface area (Å²) in [6.45, 7) is 6.78. The Morgan fingerprint density at radius 2 is 1.79 bits per heavy atom. The Morgan fingerprint density at radius 1 is 1.13 bits per heavy atom. The molecule has 1 N–H and O–H groups in total. The number of aryl methyl sites for hydroxylation is 1. The number of hydrogen-bond acceptors (Lipinski definition) is 5. The van der Waals surface area contributed by atoms with Gasteiger partial charge in [-0.15, -0.1) is 0 Å². The van der Waals surface area contributed by atoms with Crippen LogP contribution < -0.4 is 4.90 Å². The van der Waals surface area contributed by atoms with E-state index in [9.17, 15) is 18.3 Å². The lowest BCUT2D eigenvalue weighted by Gasteiger charge is -2.41. The first-order chi connectivity index (χ1) is 18.3. The average Bonchev–Trinajstić information content (AvgIpc) is 2.88. The van der Waals surface area contributed by atoms with Crippen LogP contribution >= 0.6 is 11.6 Å². The van der Waals surface area contributed by atoms with Crippen LogP contribution in [0.25, 0.3) is 0 Å². The first-order valence-corrected chi connectivity index (χ1v) is 14.4. The number of ether oxygens (including phenoxy) is 1. The number of carboxylic acid groups (broad SMARTS) is 1. The van der Waals surface area contributed by atoms with Gasteiger partial charge in [0.2, 0.25) is 10.0 Å². The molecule has 0 aromatic heterocycles. The van der Waals surface area contributed by atoms with Crippen molar-refractivity contribution in [2.45, 2.75) is 57.3 Å². The number of carbonyl (C=O) groups is 1. The number of hydrogen-bond donors (Lipinski definition) is 1. The lowest BCUT2D eigenvalue weighted by atomic mass is 9.87. The van der Waals surface area contributed by atoms with Crippen LogP contribution in [0.4, 0.5) is 10.1 Å². The number of sulfonamides is 1. The van der Waals surface area contributed by atoms with E-state index in [1.54, 1.807) is 51.8 Å². The van der Waals surface area contributed by atoms with E-state index in [0.29, 0.717) is 21.8 Å². The molecule has 0 fully saturated rings. The number of fused-ring (bicyclic) bond motifs is 1. The number of rotatable bonds is 8. The molecule has 0 spiro atoms. The molecule has 0 saturated carbocycles. The monoisotopic (exact) mass is 574 g/mol. The van der Waals surface area contributed by atoms with Crippen molar-refractivity contribution in [2.75, 3.05) is 18.6 Å². The van der Waals surface area contributed by atoms with Crippen molar-refractivity contribution in [3.63, 3.8) is 0 Å². The first-order valence-electron chi connectivity index (χ1n) is 12.5. The molecule has 3 atom stereocenters. The van der Waals surface area contributed by atoms with E-state index >= 15 is 4.39 Å². The van der Waals surface area contributed by atoms with Gasteiger partial charge in [0.05, 0.1) is 25.1 Å². The maximum Gasteiger partial charge on any atom is 0.322 e. The smallest absolute Gasteiger partial charge is 0.322 e. The van der Waals surface area contributed by atoms with Crippen molar-refractivity contribution in [3.8, 4) is 0 Å². The van der Waals surface area contributed by atoms with Gasteiger partial charge < -0.3 is 14.7 Å². The summed E-state index contributed by atoms with van der Waals surface area (Å²) in [5.41, 5.74) is 3.14. The number of nitrogens with zero attached hydrogens (tertiary/aromatic N) is 2. The van der Waals surface area contributed by atoms with E-state index in [2.05, 4.69) is 0 Å². The molecular formula is C29H32ClFN2O5S. The summed E-state index contributed by atoms with van der Waals surface area (Å²) in [6, 6.07) is 13.9. The normalized spacial score (nSPS) is 17.4. The number of aliphatic carboxylic acids is 1. The van der Waals surface area contributed by atoms with Gasteiger partial charge >= 0.3 is 5.97 Å². The SMILES string of the molecule is Cc1ccc(F)c(C(C)[C@@H](C(=O)O)N2CN(C)c3cc(Cl)cc(C(C)OCc4ccccc4)c3S2(=O)=O)c1C. The van der Waals surface area contributed by atoms with E-state index in [0.717, 1.165) is 15.4 Å². The Bertz CT molecular complexity index is 1500. The molecule has 0 amide bonds. The minimum atomic E-state index is -4.37. The molecule has 3 aromatic rings. The van der Waals surface area contributed by atoms with Gasteiger partial charge in [-0.3, -0.25) is 4.79 Å². The van der Waals surface area contributed by atoms with Gasteiger partial charge in [-0.1, -0.05) is 54.9 Å². The molecule has 7 nitrogen and oxygen atoms in total. The van der Waals surface area contributed by atoms with E-state index in [-0.39, 0.29) is 23.7 Å². The van der Waals surface area contributed by atoms with E-state index < -0.39 is 39.9 Å². The van der Waals surface area contributed by atoms with Gasteiger partial charge in [-0.05, 0) is 61.2 Å². The predicted molar refractivity (Wildman–Crippen MR) is 149 cm³/mol. The number of halogens is 2. The summed E-state index contributed by atoms with van der Waals surface area (Å²) >= 11 is 6.40.